The number of hydrogen-bond donors (Lipinski definition) is 3. The predicted molar refractivity (Wildman–Crippen MR) is 82.7 cm³/mol. The molecule has 2 rings (SSSR count). The number of aliphatic carboxylic acids is 1. The highest BCUT2D eigenvalue weighted by atomic mass is 32.1. The van der Waals surface area contributed by atoms with Crippen LogP contribution in [0.2, 0.25) is 0 Å². The molecule has 7 heteroatoms. The minimum Gasteiger partial charge on any atom is -0.481 e. The molecule has 0 aliphatic rings. The maximum absolute atomic E-state index is 11.8. The third-order valence-electron chi connectivity index (χ3n) is 3.05. The number of urea groups is 1. The number of fused-ring (bicyclic) bond motifs is 1. The molecule has 0 spiro atoms. The van der Waals surface area contributed by atoms with Crippen LogP contribution in [0.5, 0.6) is 0 Å². The number of rotatable bonds is 6. The number of thiazole rings is 1. The number of nitrogens with zero attached hydrogens (tertiary/aromatic N) is 1. The summed E-state index contributed by atoms with van der Waals surface area (Å²) in [5, 5.41) is 14.1. The zero-order valence-corrected chi connectivity index (χ0v) is 12.4. The first kappa shape index (κ1) is 15.2. The Bertz CT molecular complexity index is 641. The average molecular weight is 307 g/mol. The molecular weight excluding hydrogens is 290 g/mol. The fourth-order valence-electron chi connectivity index (χ4n) is 1.85. The van der Waals surface area contributed by atoms with Gasteiger partial charge >= 0.3 is 12.0 Å². The first-order chi connectivity index (χ1) is 10.0. The van der Waals surface area contributed by atoms with Gasteiger partial charge in [0, 0.05) is 18.7 Å². The van der Waals surface area contributed by atoms with E-state index in [1.165, 1.54) is 11.3 Å². The van der Waals surface area contributed by atoms with E-state index in [1.54, 1.807) is 11.6 Å². The molecule has 0 bridgehead atoms. The third kappa shape index (κ3) is 4.71. The first-order valence-electron chi connectivity index (χ1n) is 6.64. The summed E-state index contributed by atoms with van der Waals surface area (Å²) in [6.45, 7) is 2.36. The number of amides is 2. The van der Waals surface area contributed by atoms with Crippen LogP contribution >= 0.6 is 11.3 Å². The predicted octanol–water partition coefficient (Wildman–Crippen LogP) is 2.92. The molecule has 0 aliphatic heterocycles. The molecule has 0 saturated carbocycles. The molecule has 0 radical (unpaired) electrons. The lowest BCUT2D eigenvalue weighted by Crippen LogP contribution is -2.32. The van der Waals surface area contributed by atoms with Gasteiger partial charge in [-0.3, -0.25) is 4.79 Å². The fraction of sp³-hybridized carbons (Fsp3) is 0.357. The van der Waals surface area contributed by atoms with Crippen LogP contribution in [0.4, 0.5) is 10.5 Å². The summed E-state index contributed by atoms with van der Waals surface area (Å²) >= 11 is 1.52. The second-order valence-corrected chi connectivity index (χ2v) is 5.79. The Balaban J connectivity index is 1.79. The highest BCUT2D eigenvalue weighted by Crippen LogP contribution is 2.21. The number of carboxylic acid groups (broad SMARTS) is 1. The van der Waals surface area contributed by atoms with Crippen molar-refractivity contribution in [3.05, 3.63) is 23.7 Å². The van der Waals surface area contributed by atoms with Crippen LogP contribution in [0, 0.1) is 5.92 Å². The molecule has 2 aromatic rings. The maximum Gasteiger partial charge on any atom is 0.319 e. The fourth-order valence-corrected chi connectivity index (χ4v) is 2.56. The number of carboxylic acids is 1. The van der Waals surface area contributed by atoms with E-state index in [2.05, 4.69) is 15.6 Å². The first-order valence-corrected chi connectivity index (χ1v) is 7.52. The van der Waals surface area contributed by atoms with Crippen LogP contribution in [0.1, 0.15) is 19.8 Å². The van der Waals surface area contributed by atoms with Gasteiger partial charge in [-0.05, 0) is 30.5 Å². The lowest BCUT2D eigenvalue weighted by atomic mass is 10.1. The topological polar surface area (TPSA) is 91.3 Å². The normalized spacial score (nSPS) is 12.0. The molecule has 6 nitrogen and oxygen atoms in total. The van der Waals surface area contributed by atoms with Crippen molar-refractivity contribution in [1.82, 2.24) is 10.3 Å². The number of nitrogens with one attached hydrogen (secondary N) is 2. The maximum atomic E-state index is 11.8. The largest absolute Gasteiger partial charge is 0.481 e. The summed E-state index contributed by atoms with van der Waals surface area (Å²) in [5.41, 5.74) is 3.38. The van der Waals surface area contributed by atoms with Crippen molar-refractivity contribution in [3.63, 3.8) is 0 Å². The smallest absolute Gasteiger partial charge is 0.319 e. The Labute approximate surface area is 126 Å². The van der Waals surface area contributed by atoms with Crippen molar-refractivity contribution in [3.8, 4) is 0 Å². The van der Waals surface area contributed by atoms with Crippen LogP contribution < -0.4 is 10.6 Å². The Kier molecular flexibility index (Phi) is 5.10. The van der Waals surface area contributed by atoms with Gasteiger partial charge in [-0.25, -0.2) is 9.78 Å². The summed E-state index contributed by atoms with van der Waals surface area (Å²) in [6, 6.07) is 5.24. The van der Waals surface area contributed by atoms with Gasteiger partial charge in [0.25, 0.3) is 0 Å². The van der Waals surface area contributed by atoms with E-state index >= 15 is 0 Å². The van der Waals surface area contributed by atoms with Gasteiger partial charge in [-0.15, -0.1) is 11.3 Å². The molecular formula is C14H17N3O3S. The lowest BCUT2D eigenvalue weighted by Gasteiger charge is -2.12. The van der Waals surface area contributed by atoms with Crippen molar-refractivity contribution in [2.24, 2.45) is 5.92 Å². The van der Waals surface area contributed by atoms with Crippen LogP contribution in [0.3, 0.4) is 0 Å². The molecule has 1 atom stereocenters. The number of anilines is 1. The van der Waals surface area contributed by atoms with Gasteiger partial charge < -0.3 is 15.7 Å². The monoisotopic (exact) mass is 307 g/mol. The Morgan fingerprint density at radius 1 is 1.43 bits per heavy atom. The minimum absolute atomic E-state index is 0.118. The van der Waals surface area contributed by atoms with Crippen molar-refractivity contribution in [2.75, 3.05) is 11.9 Å². The van der Waals surface area contributed by atoms with E-state index in [1.807, 2.05) is 19.1 Å². The number of benzene rings is 1. The summed E-state index contributed by atoms with van der Waals surface area (Å²) in [4.78, 5) is 26.4. The summed E-state index contributed by atoms with van der Waals surface area (Å²) < 4.78 is 1.02. The third-order valence-corrected chi connectivity index (χ3v) is 3.84. The van der Waals surface area contributed by atoms with E-state index in [0.717, 1.165) is 10.2 Å². The van der Waals surface area contributed by atoms with Crippen molar-refractivity contribution in [2.45, 2.75) is 19.8 Å². The van der Waals surface area contributed by atoms with E-state index in [0.29, 0.717) is 18.7 Å². The molecule has 1 aromatic carbocycles. The van der Waals surface area contributed by atoms with Crippen LogP contribution in [-0.2, 0) is 4.79 Å². The molecule has 0 saturated heterocycles. The van der Waals surface area contributed by atoms with Gasteiger partial charge in [-0.1, -0.05) is 6.92 Å². The number of carbonyl (C=O) groups is 2. The highest BCUT2D eigenvalue weighted by Gasteiger charge is 2.08. The second kappa shape index (κ2) is 7.03. The molecule has 3 N–H and O–H groups in total. The standard InChI is InChI=1S/C14H17N3O3S/c1-9(2-5-13(18)19)7-15-14(20)17-10-3-4-11-12(6-10)21-8-16-11/h3-4,6,8-9H,2,5,7H2,1H3,(H,18,19)(H2,15,17,20). The second-order valence-electron chi connectivity index (χ2n) is 4.91. The van der Waals surface area contributed by atoms with Gasteiger partial charge in [0.2, 0.25) is 0 Å². The summed E-state index contributed by atoms with van der Waals surface area (Å²) in [7, 11) is 0. The van der Waals surface area contributed by atoms with E-state index in [4.69, 9.17) is 5.11 Å². The molecule has 1 heterocycles. The molecule has 1 aromatic heterocycles. The molecule has 112 valence electrons. The van der Waals surface area contributed by atoms with E-state index < -0.39 is 5.97 Å². The number of aromatic nitrogens is 1. The van der Waals surface area contributed by atoms with Gasteiger partial charge in [-0.2, -0.15) is 0 Å². The SMILES string of the molecule is CC(CCC(=O)O)CNC(=O)Nc1ccc2ncsc2c1. The average Bonchev–Trinajstić information content (AvgIpc) is 2.90. The molecule has 0 aliphatic carbocycles. The van der Waals surface area contributed by atoms with Crippen molar-refractivity contribution >= 4 is 39.2 Å². The van der Waals surface area contributed by atoms with Crippen LogP contribution in [-0.4, -0.2) is 28.6 Å². The van der Waals surface area contributed by atoms with Crippen molar-refractivity contribution in [1.29, 1.82) is 0 Å². The van der Waals surface area contributed by atoms with Gasteiger partial charge in [0.1, 0.15) is 0 Å². The Morgan fingerprint density at radius 2 is 2.24 bits per heavy atom. The molecule has 0 fully saturated rings. The minimum atomic E-state index is -0.816. The summed E-state index contributed by atoms with van der Waals surface area (Å²) in [6.07, 6.45) is 0.662. The Morgan fingerprint density at radius 3 is 3.00 bits per heavy atom. The Hall–Kier alpha value is -2.15. The highest BCUT2D eigenvalue weighted by molar-refractivity contribution is 7.16. The van der Waals surface area contributed by atoms with Crippen molar-refractivity contribution < 1.29 is 14.7 Å². The van der Waals surface area contributed by atoms with E-state index in [9.17, 15) is 9.59 Å². The van der Waals surface area contributed by atoms with Crippen LogP contribution in [0.25, 0.3) is 10.2 Å². The molecule has 1 unspecified atom stereocenters. The van der Waals surface area contributed by atoms with Crippen LogP contribution in [0.15, 0.2) is 23.7 Å². The van der Waals surface area contributed by atoms with E-state index in [-0.39, 0.29) is 18.4 Å². The quantitative estimate of drug-likeness (QED) is 0.765. The van der Waals surface area contributed by atoms with Gasteiger partial charge in [0.05, 0.1) is 15.7 Å². The van der Waals surface area contributed by atoms with Gasteiger partial charge in [0.15, 0.2) is 0 Å². The number of hydrogen-bond acceptors (Lipinski definition) is 4. The molecule has 2 amide bonds. The number of carbonyl (C=O) groups excluding carboxylic acids is 1. The summed E-state index contributed by atoms with van der Waals surface area (Å²) in [5.74, 6) is -0.694. The zero-order valence-electron chi connectivity index (χ0n) is 11.6. The lowest BCUT2D eigenvalue weighted by molar-refractivity contribution is -0.137. The zero-order chi connectivity index (χ0) is 15.2. The molecule has 21 heavy (non-hydrogen) atoms.